The number of benzene rings is 2. The minimum absolute atomic E-state index is 0.0862. The number of fused-ring (bicyclic) bond motifs is 1. The number of ether oxygens (including phenoxy) is 1. The molecule has 0 spiro atoms. The van der Waals surface area contributed by atoms with Crippen LogP contribution in [0, 0.1) is 0 Å². The second kappa shape index (κ2) is 9.20. The van der Waals surface area contributed by atoms with Gasteiger partial charge in [-0.2, -0.15) is 0 Å². The van der Waals surface area contributed by atoms with Gasteiger partial charge in [-0.3, -0.25) is 4.79 Å². The third-order valence-corrected chi connectivity index (χ3v) is 4.38. The van der Waals surface area contributed by atoms with Crippen molar-refractivity contribution in [3.8, 4) is 0 Å². The fourth-order valence-electron chi connectivity index (χ4n) is 2.89. The van der Waals surface area contributed by atoms with Crippen LogP contribution in [0.25, 0.3) is 11.0 Å². The maximum absolute atomic E-state index is 12.5. The molecule has 0 aliphatic carbocycles. The number of esters is 1. The van der Waals surface area contributed by atoms with Gasteiger partial charge in [0.05, 0.1) is 29.8 Å². The number of hydrogen-bond acceptors (Lipinski definition) is 6. The van der Waals surface area contributed by atoms with E-state index in [-0.39, 0.29) is 12.5 Å². The molecule has 1 amide bonds. The normalized spacial score (nSPS) is 11.8. The lowest BCUT2D eigenvalue weighted by atomic mass is 10.1. The Hall–Kier alpha value is -3.39. The molecule has 1 unspecified atom stereocenters. The van der Waals surface area contributed by atoms with Gasteiger partial charge in [0.15, 0.2) is 0 Å². The van der Waals surface area contributed by atoms with Crippen LogP contribution in [0.4, 0.5) is 5.95 Å². The van der Waals surface area contributed by atoms with Crippen LogP contribution in [-0.4, -0.2) is 46.3 Å². The summed E-state index contributed by atoms with van der Waals surface area (Å²) in [5, 5.41) is 15.5. The number of methoxy groups -OCH3 is 1. The quantitative estimate of drug-likeness (QED) is 0.503. The lowest BCUT2D eigenvalue weighted by Gasteiger charge is -2.12. The Morgan fingerprint density at radius 3 is 2.59 bits per heavy atom. The molecule has 8 heteroatoms. The summed E-state index contributed by atoms with van der Waals surface area (Å²) in [6.45, 7) is 2.43. The Balaban J connectivity index is 1.67. The molecule has 0 saturated carbocycles. The van der Waals surface area contributed by atoms with Gasteiger partial charge < -0.3 is 25.0 Å². The van der Waals surface area contributed by atoms with E-state index in [4.69, 9.17) is 0 Å². The third kappa shape index (κ3) is 5.11. The van der Waals surface area contributed by atoms with E-state index in [1.807, 2.05) is 24.3 Å². The molecule has 3 aromatic rings. The van der Waals surface area contributed by atoms with E-state index in [9.17, 15) is 14.7 Å². The van der Waals surface area contributed by atoms with Crippen molar-refractivity contribution in [1.29, 1.82) is 0 Å². The maximum Gasteiger partial charge on any atom is 0.337 e. The molecule has 8 nitrogen and oxygen atoms in total. The van der Waals surface area contributed by atoms with E-state index >= 15 is 0 Å². The number of carbonyl (C=O) groups is 2. The molecule has 152 valence electrons. The van der Waals surface area contributed by atoms with Crippen molar-refractivity contribution in [1.82, 2.24) is 14.9 Å². The third-order valence-electron chi connectivity index (χ3n) is 4.38. The number of aliphatic hydroxyl groups is 1. The Kier molecular flexibility index (Phi) is 6.46. The highest BCUT2D eigenvalue weighted by molar-refractivity contribution is 5.89. The molecule has 29 heavy (non-hydrogen) atoms. The predicted molar refractivity (Wildman–Crippen MR) is 110 cm³/mol. The molecule has 0 saturated heterocycles. The van der Waals surface area contributed by atoms with Crippen molar-refractivity contribution in [3.05, 3.63) is 59.7 Å². The number of para-hydroxylation sites is 2. The minimum atomic E-state index is -0.537. The number of carbonyl (C=O) groups excluding carboxylic acids is 2. The molecule has 1 atom stereocenters. The smallest absolute Gasteiger partial charge is 0.337 e. The van der Waals surface area contributed by atoms with Gasteiger partial charge in [0.25, 0.3) is 0 Å². The van der Waals surface area contributed by atoms with Crippen molar-refractivity contribution in [3.63, 3.8) is 0 Å². The highest BCUT2D eigenvalue weighted by atomic mass is 16.5. The Morgan fingerprint density at radius 2 is 1.90 bits per heavy atom. The number of nitrogens with one attached hydrogen (secondary N) is 2. The Morgan fingerprint density at radius 1 is 1.17 bits per heavy atom. The second-order valence-corrected chi connectivity index (χ2v) is 6.71. The lowest BCUT2D eigenvalue weighted by Crippen LogP contribution is -2.28. The van der Waals surface area contributed by atoms with Crippen LogP contribution in [0.5, 0.6) is 0 Å². The first-order valence-corrected chi connectivity index (χ1v) is 9.29. The summed E-state index contributed by atoms with van der Waals surface area (Å²) in [5.74, 6) is -0.0419. The number of rotatable bonds is 8. The summed E-state index contributed by atoms with van der Waals surface area (Å²) in [6.07, 6.45) is -0.537. The van der Waals surface area contributed by atoms with Crippen molar-refractivity contribution >= 4 is 28.9 Å². The van der Waals surface area contributed by atoms with Gasteiger partial charge in [0.1, 0.15) is 6.54 Å². The summed E-state index contributed by atoms with van der Waals surface area (Å²) in [7, 11) is 1.33. The number of imidazole rings is 1. The monoisotopic (exact) mass is 396 g/mol. The van der Waals surface area contributed by atoms with Crippen LogP contribution < -0.4 is 10.6 Å². The largest absolute Gasteiger partial charge is 0.465 e. The van der Waals surface area contributed by atoms with E-state index < -0.39 is 12.1 Å². The summed E-state index contributed by atoms with van der Waals surface area (Å²) in [5.41, 5.74) is 2.93. The summed E-state index contributed by atoms with van der Waals surface area (Å²) >= 11 is 0. The fraction of sp³-hybridized carbons (Fsp3) is 0.286. The lowest BCUT2D eigenvalue weighted by molar-refractivity contribution is -0.121. The zero-order chi connectivity index (χ0) is 20.8. The highest BCUT2D eigenvalue weighted by Gasteiger charge is 2.14. The van der Waals surface area contributed by atoms with E-state index in [0.29, 0.717) is 24.6 Å². The summed E-state index contributed by atoms with van der Waals surface area (Å²) in [4.78, 5) is 28.5. The zero-order valence-corrected chi connectivity index (χ0v) is 16.4. The van der Waals surface area contributed by atoms with Crippen LogP contribution in [0.15, 0.2) is 48.5 Å². The maximum atomic E-state index is 12.5. The fourth-order valence-corrected chi connectivity index (χ4v) is 2.89. The molecule has 0 aliphatic rings. The molecular weight excluding hydrogens is 372 g/mol. The van der Waals surface area contributed by atoms with Crippen molar-refractivity contribution < 1.29 is 19.4 Å². The molecule has 1 aromatic heterocycles. The molecular formula is C21H24N4O4. The SMILES string of the molecule is COC(=O)c1ccc(CNC(=O)Cn2c(NCC(C)O)nc3ccccc32)cc1. The number of aromatic nitrogens is 2. The Bertz CT molecular complexity index is 996. The van der Waals surface area contributed by atoms with Crippen LogP contribution in [-0.2, 0) is 22.6 Å². The molecule has 0 bridgehead atoms. The number of amides is 1. The van der Waals surface area contributed by atoms with Gasteiger partial charge in [0, 0.05) is 13.1 Å². The average Bonchev–Trinajstić information content (AvgIpc) is 3.08. The molecule has 3 rings (SSSR count). The average molecular weight is 396 g/mol. The highest BCUT2D eigenvalue weighted by Crippen LogP contribution is 2.19. The van der Waals surface area contributed by atoms with Crippen molar-refractivity contribution in [2.24, 2.45) is 0 Å². The van der Waals surface area contributed by atoms with Crippen LogP contribution >= 0.6 is 0 Å². The summed E-state index contributed by atoms with van der Waals surface area (Å²) in [6, 6.07) is 14.4. The predicted octanol–water partition coefficient (Wildman–Crippen LogP) is 1.93. The van der Waals surface area contributed by atoms with Crippen molar-refractivity contribution in [2.75, 3.05) is 19.0 Å². The number of hydrogen-bond donors (Lipinski definition) is 3. The molecule has 0 aliphatic heterocycles. The van der Waals surface area contributed by atoms with Gasteiger partial charge in [-0.25, -0.2) is 9.78 Å². The topological polar surface area (TPSA) is 105 Å². The minimum Gasteiger partial charge on any atom is -0.465 e. The number of nitrogens with zero attached hydrogens (tertiary/aromatic N) is 2. The molecule has 1 heterocycles. The van der Waals surface area contributed by atoms with Gasteiger partial charge in [-0.1, -0.05) is 24.3 Å². The molecule has 2 aromatic carbocycles. The van der Waals surface area contributed by atoms with Crippen LogP contribution in [0.2, 0.25) is 0 Å². The number of aliphatic hydroxyl groups excluding tert-OH is 1. The van der Waals surface area contributed by atoms with Gasteiger partial charge in [-0.05, 0) is 36.8 Å². The summed E-state index contributed by atoms with van der Waals surface area (Å²) < 4.78 is 6.46. The van der Waals surface area contributed by atoms with Crippen LogP contribution in [0.1, 0.15) is 22.8 Å². The van der Waals surface area contributed by atoms with E-state index in [1.165, 1.54) is 7.11 Å². The Labute approximate surface area is 168 Å². The van der Waals surface area contributed by atoms with Gasteiger partial charge >= 0.3 is 5.97 Å². The van der Waals surface area contributed by atoms with Crippen LogP contribution in [0.3, 0.4) is 0 Å². The van der Waals surface area contributed by atoms with E-state index in [1.54, 1.807) is 35.8 Å². The number of anilines is 1. The first kappa shape index (κ1) is 20.3. The first-order chi connectivity index (χ1) is 14.0. The van der Waals surface area contributed by atoms with Gasteiger partial charge in [-0.15, -0.1) is 0 Å². The first-order valence-electron chi connectivity index (χ1n) is 9.29. The molecule has 0 fully saturated rings. The molecule has 3 N–H and O–H groups in total. The standard InChI is InChI=1S/C21H24N4O4/c1-14(26)11-23-21-24-17-5-3-4-6-18(17)25(21)13-19(27)22-12-15-7-9-16(10-8-15)20(28)29-2/h3-10,14,26H,11-13H2,1-2H3,(H,22,27)(H,23,24). The second-order valence-electron chi connectivity index (χ2n) is 6.71. The zero-order valence-electron chi connectivity index (χ0n) is 16.4. The van der Waals surface area contributed by atoms with Gasteiger partial charge in [0.2, 0.25) is 11.9 Å². The molecule has 0 radical (unpaired) electrons. The van der Waals surface area contributed by atoms with E-state index in [0.717, 1.165) is 16.6 Å². The van der Waals surface area contributed by atoms with Crippen molar-refractivity contribution in [2.45, 2.75) is 26.1 Å². The van der Waals surface area contributed by atoms with E-state index in [2.05, 4.69) is 20.4 Å².